The first kappa shape index (κ1) is 15.1. The first-order valence-electron chi connectivity index (χ1n) is 7.41. The average molecular weight is 316 g/mol. The summed E-state index contributed by atoms with van der Waals surface area (Å²) in [6.45, 7) is 0.485. The maximum atomic E-state index is 12.2. The molecule has 1 saturated heterocycles. The lowest BCUT2D eigenvalue weighted by Gasteiger charge is -2.20. The molecule has 1 aliphatic rings. The number of likely N-dealkylation sites (tertiary alicyclic amines) is 1. The van der Waals surface area contributed by atoms with Crippen molar-refractivity contribution < 1.29 is 19.2 Å². The summed E-state index contributed by atoms with van der Waals surface area (Å²) in [6, 6.07) is 4.66. The zero-order chi connectivity index (χ0) is 16.2. The van der Waals surface area contributed by atoms with Crippen LogP contribution < -0.4 is 0 Å². The first-order valence-corrected chi connectivity index (χ1v) is 7.41. The number of carbonyl (C=O) groups is 2. The van der Waals surface area contributed by atoms with E-state index in [1.54, 1.807) is 18.3 Å². The number of aromatic nitrogens is 3. The highest BCUT2D eigenvalue weighted by atomic mass is 16.5. The summed E-state index contributed by atoms with van der Waals surface area (Å²) in [5.41, 5.74) is 0.597. The molecule has 0 spiro atoms. The number of carboxylic acid groups (broad SMARTS) is 1. The Hall–Kier alpha value is -2.77. The number of nitrogens with zero attached hydrogens (tertiary/aromatic N) is 4. The normalized spacial score (nSPS) is 17.4. The highest BCUT2D eigenvalue weighted by Crippen LogP contribution is 2.19. The van der Waals surface area contributed by atoms with E-state index < -0.39 is 12.0 Å². The molecule has 1 fully saturated rings. The monoisotopic (exact) mass is 316 g/mol. The highest BCUT2D eigenvalue weighted by molar-refractivity contribution is 5.84. The third-order valence-electron chi connectivity index (χ3n) is 3.77. The van der Waals surface area contributed by atoms with Crippen LogP contribution in [0.4, 0.5) is 0 Å². The van der Waals surface area contributed by atoms with Gasteiger partial charge in [-0.3, -0.25) is 9.78 Å². The van der Waals surface area contributed by atoms with Crippen LogP contribution in [-0.4, -0.2) is 49.6 Å². The molecule has 1 unspecified atom stereocenters. The van der Waals surface area contributed by atoms with Gasteiger partial charge >= 0.3 is 5.97 Å². The summed E-state index contributed by atoms with van der Waals surface area (Å²) >= 11 is 0. The third kappa shape index (κ3) is 3.36. The maximum Gasteiger partial charge on any atom is 0.326 e. The van der Waals surface area contributed by atoms with Crippen molar-refractivity contribution in [2.75, 3.05) is 6.54 Å². The Labute approximate surface area is 132 Å². The predicted molar refractivity (Wildman–Crippen MR) is 78.2 cm³/mol. The molecule has 2 aromatic heterocycles. The van der Waals surface area contributed by atoms with Crippen LogP contribution in [0, 0.1) is 0 Å². The number of pyridine rings is 1. The quantitative estimate of drug-likeness (QED) is 0.880. The van der Waals surface area contributed by atoms with E-state index in [1.165, 1.54) is 4.90 Å². The molecule has 0 aliphatic carbocycles. The summed E-state index contributed by atoms with van der Waals surface area (Å²) in [7, 11) is 0. The van der Waals surface area contributed by atoms with Crippen molar-refractivity contribution in [1.82, 2.24) is 20.0 Å². The molecule has 8 nitrogen and oxygen atoms in total. The van der Waals surface area contributed by atoms with E-state index in [1.807, 2.05) is 6.07 Å². The van der Waals surface area contributed by atoms with E-state index in [2.05, 4.69) is 15.1 Å². The van der Waals surface area contributed by atoms with Crippen molar-refractivity contribution in [2.45, 2.75) is 31.7 Å². The largest absolute Gasteiger partial charge is 0.480 e. The van der Waals surface area contributed by atoms with Crippen LogP contribution in [0.2, 0.25) is 0 Å². The van der Waals surface area contributed by atoms with Gasteiger partial charge in [0.05, 0.1) is 0 Å². The van der Waals surface area contributed by atoms with Gasteiger partial charge in [-0.25, -0.2) is 4.79 Å². The van der Waals surface area contributed by atoms with Gasteiger partial charge in [0.1, 0.15) is 11.7 Å². The Kier molecular flexibility index (Phi) is 4.31. The minimum absolute atomic E-state index is 0.146. The van der Waals surface area contributed by atoms with Gasteiger partial charge in [-0.05, 0) is 25.0 Å². The van der Waals surface area contributed by atoms with Crippen molar-refractivity contribution in [2.24, 2.45) is 0 Å². The van der Waals surface area contributed by atoms with Crippen LogP contribution in [0.15, 0.2) is 28.9 Å². The molecule has 23 heavy (non-hydrogen) atoms. The lowest BCUT2D eigenvalue weighted by Crippen LogP contribution is -2.40. The second-order valence-corrected chi connectivity index (χ2v) is 5.31. The topological polar surface area (TPSA) is 109 Å². The molecule has 1 aliphatic heterocycles. The van der Waals surface area contributed by atoms with E-state index in [4.69, 9.17) is 9.63 Å². The fraction of sp³-hybridized carbons (Fsp3) is 0.400. The SMILES string of the molecule is O=C(O)C1CCCN1C(=O)CCc1nc(-c2ccccn2)no1. The second-order valence-electron chi connectivity index (χ2n) is 5.31. The Bertz CT molecular complexity index is 701. The molecule has 0 bridgehead atoms. The number of aliphatic carboxylic acids is 1. The van der Waals surface area contributed by atoms with Crippen LogP contribution in [-0.2, 0) is 16.0 Å². The summed E-state index contributed by atoms with van der Waals surface area (Å²) in [4.78, 5) is 33.0. The van der Waals surface area contributed by atoms with Crippen LogP contribution >= 0.6 is 0 Å². The number of amides is 1. The second kappa shape index (κ2) is 6.55. The van der Waals surface area contributed by atoms with Gasteiger partial charge in [-0.2, -0.15) is 4.98 Å². The Morgan fingerprint density at radius 3 is 3.00 bits per heavy atom. The minimum atomic E-state index is -0.953. The number of carboxylic acids is 1. The van der Waals surface area contributed by atoms with Crippen LogP contribution in [0.25, 0.3) is 11.5 Å². The van der Waals surface area contributed by atoms with Gasteiger partial charge in [0.25, 0.3) is 0 Å². The Morgan fingerprint density at radius 2 is 2.26 bits per heavy atom. The summed E-state index contributed by atoms with van der Waals surface area (Å²) in [5, 5.41) is 12.9. The molecule has 0 saturated carbocycles. The molecule has 3 heterocycles. The molecule has 8 heteroatoms. The molecule has 2 aromatic rings. The van der Waals surface area contributed by atoms with Crippen molar-refractivity contribution >= 4 is 11.9 Å². The number of hydrogen-bond acceptors (Lipinski definition) is 6. The number of hydrogen-bond donors (Lipinski definition) is 1. The van der Waals surface area contributed by atoms with E-state index in [-0.39, 0.29) is 18.7 Å². The fourth-order valence-electron chi connectivity index (χ4n) is 2.63. The molecular formula is C15H16N4O4. The molecule has 0 radical (unpaired) electrons. The summed E-state index contributed by atoms with van der Waals surface area (Å²) in [5.74, 6) is -0.443. The molecule has 1 atom stereocenters. The van der Waals surface area contributed by atoms with Gasteiger partial charge in [0.15, 0.2) is 0 Å². The first-order chi connectivity index (χ1) is 11.1. The molecule has 120 valence electrons. The lowest BCUT2D eigenvalue weighted by molar-refractivity contribution is -0.148. The fourth-order valence-corrected chi connectivity index (χ4v) is 2.63. The van der Waals surface area contributed by atoms with Crippen molar-refractivity contribution in [3.05, 3.63) is 30.3 Å². The molecule has 1 amide bonds. The molecule has 1 N–H and O–H groups in total. The zero-order valence-corrected chi connectivity index (χ0v) is 12.4. The van der Waals surface area contributed by atoms with Crippen molar-refractivity contribution in [1.29, 1.82) is 0 Å². The minimum Gasteiger partial charge on any atom is -0.480 e. The number of carbonyl (C=O) groups excluding carboxylic acids is 1. The average Bonchev–Trinajstić information content (AvgIpc) is 3.23. The van der Waals surface area contributed by atoms with E-state index in [0.29, 0.717) is 36.8 Å². The third-order valence-corrected chi connectivity index (χ3v) is 3.77. The smallest absolute Gasteiger partial charge is 0.326 e. The van der Waals surface area contributed by atoms with Gasteiger partial charge in [-0.15, -0.1) is 0 Å². The van der Waals surface area contributed by atoms with Crippen molar-refractivity contribution in [3.8, 4) is 11.5 Å². The van der Waals surface area contributed by atoms with Crippen LogP contribution in [0.1, 0.15) is 25.2 Å². The van der Waals surface area contributed by atoms with Gasteiger partial charge in [0, 0.05) is 25.6 Å². The van der Waals surface area contributed by atoms with E-state index in [9.17, 15) is 9.59 Å². The lowest BCUT2D eigenvalue weighted by atomic mass is 10.2. The van der Waals surface area contributed by atoms with Gasteiger partial charge in [-0.1, -0.05) is 11.2 Å². The van der Waals surface area contributed by atoms with E-state index >= 15 is 0 Å². The summed E-state index contributed by atoms with van der Waals surface area (Å²) in [6.07, 6.45) is 3.28. The molecule has 3 rings (SSSR count). The number of aryl methyl sites for hydroxylation is 1. The highest BCUT2D eigenvalue weighted by Gasteiger charge is 2.33. The van der Waals surface area contributed by atoms with Crippen LogP contribution in [0.3, 0.4) is 0 Å². The van der Waals surface area contributed by atoms with E-state index in [0.717, 1.165) is 0 Å². The zero-order valence-electron chi connectivity index (χ0n) is 12.4. The predicted octanol–water partition coefficient (Wildman–Crippen LogP) is 1.14. The Morgan fingerprint density at radius 1 is 1.39 bits per heavy atom. The summed E-state index contributed by atoms with van der Waals surface area (Å²) < 4.78 is 5.12. The molecular weight excluding hydrogens is 300 g/mol. The number of rotatable bonds is 5. The van der Waals surface area contributed by atoms with Crippen LogP contribution in [0.5, 0.6) is 0 Å². The van der Waals surface area contributed by atoms with Crippen molar-refractivity contribution in [3.63, 3.8) is 0 Å². The Balaban J connectivity index is 1.60. The maximum absolute atomic E-state index is 12.2. The standard InChI is InChI=1S/C15H16N4O4/c20-13(19-9-3-5-11(19)15(21)22)7-6-12-17-14(18-23-12)10-4-1-2-8-16-10/h1-2,4,8,11H,3,5-7,9H2,(H,21,22). The molecule has 0 aromatic carbocycles. The van der Waals surface area contributed by atoms with Gasteiger partial charge in [0.2, 0.25) is 17.6 Å². The van der Waals surface area contributed by atoms with Gasteiger partial charge < -0.3 is 14.5 Å².